The molecule has 0 unspecified atom stereocenters. The molecule has 0 saturated carbocycles. The summed E-state index contributed by atoms with van der Waals surface area (Å²) in [5.74, 6) is -0.901. The van der Waals surface area contributed by atoms with Crippen LogP contribution >= 0.6 is 12.4 Å². The van der Waals surface area contributed by atoms with E-state index < -0.39 is 5.97 Å². The van der Waals surface area contributed by atoms with E-state index in [2.05, 4.69) is 6.58 Å². The van der Waals surface area contributed by atoms with Gasteiger partial charge in [0.2, 0.25) is 0 Å². The van der Waals surface area contributed by atoms with Crippen molar-refractivity contribution < 1.29 is 9.90 Å². The molecule has 0 aliphatic carbocycles. The first-order valence-corrected chi connectivity index (χ1v) is 3.10. The van der Waals surface area contributed by atoms with Gasteiger partial charge in [0.1, 0.15) is 0 Å². The third kappa shape index (κ3) is 9.42. The predicted molar refractivity (Wildman–Crippen MR) is 52.2 cm³/mol. The van der Waals surface area contributed by atoms with E-state index in [0.717, 1.165) is 6.54 Å². The van der Waals surface area contributed by atoms with Crippen LogP contribution in [0.4, 0.5) is 0 Å². The van der Waals surface area contributed by atoms with Gasteiger partial charge in [-0.05, 0) is 20.5 Å². The van der Waals surface area contributed by atoms with Crippen LogP contribution in [-0.2, 0) is 4.79 Å². The Morgan fingerprint density at radius 2 is 1.92 bits per heavy atom. The molecule has 4 nitrogen and oxygen atoms in total. The highest BCUT2D eigenvalue weighted by Crippen LogP contribution is 1.97. The summed E-state index contributed by atoms with van der Waals surface area (Å²) in [6.07, 6.45) is 0.530. The van der Waals surface area contributed by atoms with Crippen LogP contribution in [0.2, 0.25) is 0 Å². The van der Waals surface area contributed by atoms with Gasteiger partial charge in [0.05, 0.1) is 0 Å². The Bertz CT molecular complexity index is 148. The highest BCUT2D eigenvalue weighted by atomic mass is 35.5. The van der Waals surface area contributed by atoms with Crippen LogP contribution in [0.15, 0.2) is 12.2 Å². The van der Waals surface area contributed by atoms with Crippen molar-refractivity contribution in [1.29, 1.82) is 0 Å². The van der Waals surface area contributed by atoms with Gasteiger partial charge in [-0.1, -0.05) is 6.58 Å². The maximum atomic E-state index is 10.2. The summed E-state index contributed by atoms with van der Waals surface area (Å²) in [4.78, 5) is 12.1. The molecule has 0 amide bonds. The van der Waals surface area contributed by atoms with Gasteiger partial charge in [-0.2, -0.15) is 0 Å². The number of halogens is 1. The summed E-state index contributed by atoms with van der Waals surface area (Å²) < 4.78 is 0. The molecular weight excluding hydrogens is 180 g/mol. The second-order valence-electron chi connectivity index (χ2n) is 2.46. The second-order valence-corrected chi connectivity index (χ2v) is 2.46. The molecule has 0 heterocycles. The monoisotopic (exact) mass is 196 g/mol. The quantitative estimate of drug-likeness (QED) is 0.662. The largest absolute Gasteiger partial charge is 0.478 e. The molecule has 4 N–H and O–H groups in total. The maximum absolute atomic E-state index is 10.2. The van der Waals surface area contributed by atoms with E-state index in [0.29, 0.717) is 6.42 Å². The first-order valence-electron chi connectivity index (χ1n) is 3.10. The molecule has 0 aliphatic rings. The maximum Gasteiger partial charge on any atom is 0.331 e. The van der Waals surface area contributed by atoms with E-state index in [1.807, 2.05) is 19.0 Å². The van der Waals surface area contributed by atoms with Crippen LogP contribution in [0.1, 0.15) is 6.42 Å². The Labute approximate surface area is 79.2 Å². The number of carboxylic acid groups (broad SMARTS) is 1. The zero-order chi connectivity index (χ0) is 8.15. The molecule has 12 heavy (non-hydrogen) atoms. The van der Waals surface area contributed by atoms with E-state index in [1.54, 1.807) is 0 Å². The molecule has 0 spiro atoms. The van der Waals surface area contributed by atoms with Crippen molar-refractivity contribution in [2.45, 2.75) is 6.42 Å². The third-order valence-corrected chi connectivity index (χ3v) is 1.16. The molecule has 0 rings (SSSR count). The standard InChI is InChI=1S/C7H13NO2.ClH.H3N/c1-6(7(9)10)4-5-8(2)3;;/h1,4-5H2,2-3H3,(H,9,10);1H;1H3. The van der Waals surface area contributed by atoms with Crippen LogP contribution < -0.4 is 6.15 Å². The lowest BCUT2D eigenvalue weighted by molar-refractivity contribution is -0.132. The first-order chi connectivity index (χ1) is 4.54. The van der Waals surface area contributed by atoms with Gasteiger partial charge in [-0.25, -0.2) is 4.79 Å². The van der Waals surface area contributed by atoms with Crippen LogP contribution in [0.3, 0.4) is 0 Å². The van der Waals surface area contributed by atoms with Crippen molar-refractivity contribution >= 4 is 18.4 Å². The number of carboxylic acids is 1. The molecular formula is C7H17ClN2O2. The number of carbonyl (C=O) groups is 1. The van der Waals surface area contributed by atoms with Crippen molar-refractivity contribution in [3.8, 4) is 0 Å². The Morgan fingerprint density at radius 1 is 1.50 bits per heavy atom. The summed E-state index contributed by atoms with van der Waals surface area (Å²) in [5, 5.41) is 8.38. The van der Waals surface area contributed by atoms with E-state index in [-0.39, 0.29) is 24.1 Å². The Balaban J connectivity index is -0.000000405. The fraction of sp³-hybridized carbons (Fsp3) is 0.571. The minimum absolute atomic E-state index is 0. The number of hydrogen-bond donors (Lipinski definition) is 2. The summed E-state index contributed by atoms with van der Waals surface area (Å²) in [5.41, 5.74) is 0.272. The van der Waals surface area contributed by atoms with Crippen LogP contribution in [-0.4, -0.2) is 36.6 Å². The van der Waals surface area contributed by atoms with E-state index in [4.69, 9.17) is 5.11 Å². The third-order valence-electron chi connectivity index (χ3n) is 1.16. The zero-order valence-corrected chi connectivity index (χ0v) is 8.36. The van der Waals surface area contributed by atoms with Crippen molar-refractivity contribution in [2.75, 3.05) is 20.6 Å². The van der Waals surface area contributed by atoms with E-state index in [1.165, 1.54) is 0 Å². The SMILES string of the molecule is C=C(CCN(C)C)C(=O)O.Cl.N. The predicted octanol–water partition coefficient (Wildman–Crippen LogP) is 1.16. The lowest BCUT2D eigenvalue weighted by Crippen LogP contribution is -2.15. The lowest BCUT2D eigenvalue weighted by Gasteiger charge is -2.07. The van der Waals surface area contributed by atoms with Crippen molar-refractivity contribution in [2.24, 2.45) is 0 Å². The highest BCUT2D eigenvalue weighted by Gasteiger charge is 2.02. The number of hydrogen-bond acceptors (Lipinski definition) is 3. The average molecular weight is 197 g/mol. The van der Waals surface area contributed by atoms with Crippen LogP contribution in [0.5, 0.6) is 0 Å². The van der Waals surface area contributed by atoms with Gasteiger partial charge in [-0.3, -0.25) is 0 Å². The molecule has 0 fully saturated rings. The van der Waals surface area contributed by atoms with E-state index >= 15 is 0 Å². The summed E-state index contributed by atoms with van der Waals surface area (Å²) >= 11 is 0. The van der Waals surface area contributed by atoms with Crippen molar-refractivity contribution in [3.05, 3.63) is 12.2 Å². The van der Waals surface area contributed by atoms with Gasteiger partial charge in [0, 0.05) is 12.1 Å². The Hall–Kier alpha value is -0.580. The first kappa shape index (κ1) is 17.5. The summed E-state index contributed by atoms with van der Waals surface area (Å²) in [7, 11) is 3.80. The van der Waals surface area contributed by atoms with Gasteiger partial charge in [-0.15, -0.1) is 12.4 Å². The smallest absolute Gasteiger partial charge is 0.331 e. The fourth-order valence-corrected chi connectivity index (χ4v) is 0.465. The Kier molecular flexibility index (Phi) is 12.4. The molecule has 0 bridgehead atoms. The minimum atomic E-state index is -0.901. The molecule has 0 aliphatic heterocycles. The molecule has 0 aromatic carbocycles. The van der Waals surface area contributed by atoms with Gasteiger partial charge in [0.15, 0.2) is 0 Å². The van der Waals surface area contributed by atoms with Crippen LogP contribution in [0.25, 0.3) is 0 Å². The molecule has 0 atom stereocenters. The second kappa shape index (κ2) is 8.52. The van der Waals surface area contributed by atoms with Gasteiger partial charge < -0.3 is 16.2 Å². The zero-order valence-electron chi connectivity index (χ0n) is 7.54. The topological polar surface area (TPSA) is 75.5 Å². The minimum Gasteiger partial charge on any atom is -0.478 e. The normalized spacial score (nSPS) is 8.25. The summed E-state index contributed by atoms with van der Waals surface area (Å²) in [6, 6.07) is 0. The highest BCUT2D eigenvalue weighted by molar-refractivity contribution is 5.85. The van der Waals surface area contributed by atoms with Crippen molar-refractivity contribution in [3.63, 3.8) is 0 Å². The fourth-order valence-electron chi connectivity index (χ4n) is 0.465. The summed E-state index contributed by atoms with van der Waals surface area (Å²) in [6.45, 7) is 4.14. The van der Waals surface area contributed by atoms with Gasteiger partial charge in [0.25, 0.3) is 0 Å². The Morgan fingerprint density at radius 3 is 2.17 bits per heavy atom. The average Bonchev–Trinajstić information content (AvgIpc) is 1.82. The van der Waals surface area contributed by atoms with Gasteiger partial charge >= 0.3 is 5.97 Å². The molecule has 0 aromatic heterocycles. The molecule has 0 radical (unpaired) electrons. The number of aliphatic carboxylic acids is 1. The van der Waals surface area contributed by atoms with Crippen molar-refractivity contribution in [1.82, 2.24) is 11.1 Å². The molecule has 74 valence electrons. The molecule has 0 saturated heterocycles. The number of nitrogens with zero attached hydrogens (tertiary/aromatic N) is 1. The van der Waals surface area contributed by atoms with E-state index in [9.17, 15) is 4.79 Å². The van der Waals surface area contributed by atoms with Crippen LogP contribution in [0, 0.1) is 0 Å². The lowest BCUT2D eigenvalue weighted by atomic mass is 10.2. The molecule has 0 aromatic rings. The number of rotatable bonds is 4. The molecule has 5 heteroatoms.